The molecule has 1 amide bonds. The highest BCUT2D eigenvalue weighted by Crippen LogP contribution is 2.30. The number of ether oxygens (including phenoxy) is 2. The first-order valence-corrected chi connectivity index (χ1v) is 9.71. The summed E-state index contributed by atoms with van der Waals surface area (Å²) in [6.45, 7) is 6.79. The van der Waals surface area contributed by atoms with E-state index in [-0.39, 0.29) is 17.9 Å². The molecule has 0 aliphatic heterocycles. The van der Waals surface area contributed by atoms with Gasteiger partial charge in [0.25, 0.3) is 5.91 Å². The normalized spacial score (nSPS) is 11.0. The van der Waals surface area contributed by atoms with Crippen molar-refractivity contribution in [3.63, 3.8) is 0 Å². The van der Waals surface area contributed by atoms with Crippen molar-refractivity contribution in [2.24, 2.45) is 0 Å². The van der Waals surface area contributed by atoms with Crippen molar-refractivity contribution in [3.05, 3.63) is 90.0 Å². The number of amides is 1. The second-order valence-corrected chi connectivity index (χ2v) is 7.89. The lowest BCUT2D eigenvalue weighted by Crippen LogP contribution is -2.22. The van der Waals surface area contributed by atoms with Crippen molar-refractivity contribution in [2.45, 2.75) is 32.8 Å². The van der Waals surface area contributed by atoms with Crippen LogP contribution in [-0.4, -0.2) is 12.5 Å². The van der Waals surface area contributed by atoms with Crippen molar-refractivity contribution in [1.82, 2.24) is 0 Å². The monoisotopic (exact) mass is 389 g/mol. The van der Waals surface area contributed by atoms with Crippen molar-refractivity contribution < 1.29 is 14.3 Å². The van der Waals surface area contributed by atoms with Crippen molar-refractivity contribution >= 4 is 11.6 Å². The lowest BCUT2D eigenvalue weighted by atomic mass is 9.86. The molecule has 3 aromatic carbocycles. The summed E-state index contributed by atoms with van der Waals surface area (Å²) in [4.78, 5) is 12.4. The van der Waals surface area contributed by atoms with Crippen LogP contribution in [0.2, 0.25) is 0 Å². The third kappa shape index (κ3) is 6.11. The number of hydrogen-bond acceptors (Lipinski definition) is 3. The van der Waals surface area contributed by atoms with Gasteiger partial charge in [-0.2, -0.15) is 0 Å². The van der Waals surface area contributed by atoms with E-state index in [9.17, 15) is 4.79 Å². The number of benzene rings is 3. The van der Waals surface area contributed by atoms with E-state index < -0.39 is 0 Å². The van der Waals surface area contributed by atoms with E-state index in [4.69, 9.17) is 9.47 Å². The number of carbonyl (C=O) groups excluding carboxylic acids is 1. The highest BCUT2D eigenvalue weighted by atomic mass is 16.5. The summed E-state index contributed by atoms with van der Waals surface area (Å²) < 4.78 is 11.6. The molecule has 0 radical (unpaired) electrons. The van der Waals surface area contributed by atoms with Gasteiger partial charge in [0.15, 0.2) is 6.61 Å². The van der Waals surface area contributed by atoms with Crippen LogP contribution in [0, 0.1) is 0 Å². The molecule has 0 aliphatic rings. The number of carbonyl (C=O) groups is 1. The van der Waals surface area contributed by atoms with Crippen LogP contribution in [0.4, 0.5) is 5.69 Å². The van der Waals surface area contributed by atoms with Crippen LogP contribution >= 0.6 is 0 Å². The third-order valence-electron chi connectivity index (χ3n) is 4.42. The summed E-state index contributed by atoms with van der Waals surface area (Å²) in [5, 5.41) is 2.87. The quantitative estimate of drug-likeness (QED) is 0.574. The van der Waals surface area contributed by atoms with Gasteiger partial charge in [0.1, 0.15) is 18.1 Å². The van der Waals surface area contributed by atoms with Crippen molar-refractivity contribution in [2.75, 3.05) is 11.9 Å². The van der Waals surface area contributed by atoms with Crippen LogP contribution in [0.15, 0.2) is 78.9 Å². The predicted molar refractivity (Wildman–Crippen MR) is 116 cm³/mol. The molecule has 4 nitrogen and oxygen atoms in total. The van der Waals surface area contributed by atoms with Gasteiger partial charge in [0, 0.05) is 11.8 Å². The molecule has 0 saturated carbocycles. The summed E-state index contributed by atoms with van der Waals surface area (Å²) >= 11 is 0. The van der Waals surface area contributed by atoms with Gasteiger partial charge in [-0.15, -0.1) is 0 Å². The molecule has 0 fully saturated rings. The molecule has 1 N–H and O–H groups in total. The molecule has 3 rings (SSSR count). The number of hydrogen-bond donors (Lipinski definition) is 1. The Labute approximate surface area is 172 Å². The Morgan fingerprint density at radius 1 is 0.862 bits per heavy atom. The van der Waals surface area contributed by atoms with Gasteiger partial charge < -0.3 is 14.8 Å². The van der Waals surface area contributed by atoms with Crippen LogP contribution < -0.4 is 14.8 Å². The zero-order valence-corrected chi connectivity index (χ0v) is 17.1. The second-order valence-electron chi connectivity index (χ2n) is 7.89. The average Bonchev–Trinajstić information content (AvgIpc) is 2.71. The second kappa shape index (κ2) is 9.28. The minimum absolute atomic E-state index is 0.0534. The van der Waals surface area contributed by atoms with Gasteiger partial charge in [0.05, 0.1) is 0 Å². The molecule has 0 aromatic heterocycles. The van der Waals surface area contributed by atoms with E-state index >= 15 is 0 Å². The van der Waals surface area contributed by atoms with Crippen molar-refractivity contribution in [1.29, 1.82) is 0 Å². The average molecular weight is 389 g/mol. The van der Waals surface area contributed by atoms with E-state index in [1.165, 1.54) is 0 Å². The molecule has 0 heterocycles. The standard InChI is InChI=1S/C25H27NO3/c1-25(2,3)22-14-7-8-15-23(22)29-18-24(27)26-20-12-9-13-21(16-20)28-17-19-10-5-4-6-11-19/h4-16H,17-18H2,1-3H3,(H,26,27). The van der Waals surface area contributed by atoms with Crippen LogP contribution in [0.3, 0.4) is 0 Å². The summed E-state index contributed by atoms with van der Waals surface area (Å²) in [6, 6.07) is 25.1. The summed E-state index contributed by atoms with van der Waals surface area (Å²) in [6.07, 6.45) is 0. The SMILES string of the molecule is CC(C)(C)c1ccccc1OCC(=O)Nc1cccc(OCc2ccccc2)c1. The summed E-state index contributed by atoms with van der Waals surface area (Å²) in [7, 11) is 0. The van der Waals surface area contributed by atoms with Gasteiger partial charge in [-0.05, 0) is 34.7 Å². The largest absolute Gasteiger partial charge is 0.489 e. The lowest BCUT2D eigenvalue weighted by Gasteiger charge is -2.22. The lowest BCUT2D eigenvalue weighted by molar-refractivity contribution is -0.118. The summed E-state index contributed by atoms with van der Waals surface area (Å²) in [5.74, 6) is 1.22. The van der Waals surface area contributed by atoms with E-state index in [0.717, 1.165) is 16.9 Å². The number of anilines is 1. The zero-order chi connectivity index (χ0) is 20.7. The van der Waals surface area contributed by atoms with E-state index in [2.05, 4.69) is 26.1 Å². The molecule has 0 aliphatic carbocycles. The smallest absolute Gasteiger partial charge is 0.262 e. The Morgan fingerprint density at radius 2 is 1.59 bits per heavy atom. The molecular weight excluding hydrogens is 362 g/mol. The minimum atomic E-state index is -0.214. The fourth-order valence-electron chi connectivity index (χ4n) is 2.96. The molecule has 0 atom stereocenters. The third-order valence-corrected chi connectivity index (χ3v) is 4.42. The van der Waals surface area contributed by atoms with Gasteiger partial charge >= 0.3 is 0 Å². The Kier molecular flexibility index (Phi) is 6.55. The maximum atomic E-state index is 12.4. The fourth-order valence-corrected chi connectivity index (χ4v) is 2.96. The van der Waals surface area contributed by atoms with E-state index in [1.807, 2.05) is 78.9 Å². The minimum Gasteiger partial charge on any atom is -0.489 e. The molecule has 150 valence electrons. The molecule has 4 heteroatoms. The van der Waals surface area contributed by atoms with Crippen LogP contribution in [0.25, 0.3) is 0 Å². The Hall–Kier alpha value is -3.27. The molecular formula is C25H27NO3. The summed E-state index contributed by atoms with van der Waals surface area (Å²) in [5.41, 5.74) is 2.78. The van der Waals surface area contributed by atoms with E-state index in [1.54, 1.807) is 0 Å². The van der Waals surface area contributed by atoms with Crippen LogP contribution in [-0.2, 0) is 16.8 Å². The first-order chi connectivity index (χ1) is 13.9. The Morgan fingerprint density at radius 3 is 2.34 bits per heavy atom. The first kappa shape index (κ1) is 20.5. The van der Waals surface area contributed by atoms with Crippen molar-refractivity contribution in [3.8, 4) is 11.5 Å². The van der Waals surface area contributed by atoms with Crippen LogP contribution in [0.5, 0.6) is 11.5 Å². The molecule has 0 bridgehead atoms. The van der Waals surface area contributed by atoms with Gasteiger partial charge in [-0.3, -0.25) is 4.79 Å². The molecule has 29 heavy (non-hydrogen) atoms. The maximum Gasteiger partial charge on any atom is 0.262 e. The highest BCUT2D eigenvalue weighted by Gasteiger charge is 2.18. The number of rotatable bonds is 7. The number of para-hydroxylation sites is 1. The predicted octanol–water partition coefficient (Wildman–Crippen LogP) is 5.58. The van der Waals surface area contributed by atoms with Gasteiger partial charge in [-0.25, -0.2) is 0 Å². The van der Waals surface area contributed by atoms with Gasteiger partial charge in [-0.1, -0.05) is 75.4 Å². The molecule has 0 saturated heterocycles. The molecule has 0 spiro atoms. The number of nitrogens with one attached hydrogen (secondary N) is 1. The Bertz CT molecular complexity index is 946. The van der Waals surface area contributed by atoms with Gasteiger partial charge in [0.2, 0.25) is 0 Å². The Balaban J connectivity index is 1.56. The zero-order valence-electron chi connectivity index (χ0n) is 17.1. The van der Waals surface area contributed by atoms with E-state index in [0.29, 0.717) is 18.0 Å². The fraction of sp³-hybridized carbons (Fsp3) is 0.240. The maximum absolute atomic E-state index is 12.4. The highest BCUT2D eigenvalue weighted by molar-refractivity contribution is 5.92. The molecule has 0 unspecified atom stereocenters. The topological polar surface area (TPSA) is 47.6 Å². The molecule has 3 aromatic rings. The van der Waals surface area contributed by atoms with Crippen LogP contribution in [0.1, 0.15) is 31.9 Å². The first-order valence-electron chi connectivity index (χ1n) is 9.71.